The second-order valence-corrected chi connectivity index (χ2v) is 6.92. The summed E-state index contributed by atoms with van der Waals surface area (Å²) in [6, 6.07) is 7.62. The zero-order chi connectivity index (χ0) is 15.1. The Bertz CT molecular complexity index is 684. The smallest absolute Gasteiger partial charge is 0.0571 e. The molecule has 3 nitrogen and oxygen atoms in total. The van der Waals surface area contributed by atoms with Gasteiger partial charge in [-0.1, -0.05) is 6.07 Å². The van der Waals surface area contributed by atoms with Crippen molar-refractivity contribution in [3.63, 3.8) is 0 Å². The maximum atomic E-state index is 4.59. The average Bonchev–Trinajstić information content (AvgIpc) is 2.97. The van der Waals surface area contributed by atoms with E-state index >= 15 is 0 Å². The molecule has 1 aromatic carbocycles. The topological polar surface area (TPSA) is 21.1 Å². The van der Waals surface area contributed by atoms with E-state index in [1.807, 2.05) is 0 Å². The molecule has 0 amide bonds. The lowest BCUT2D eigenvalue weighted by atomic mass is 9.94. The number of anilines is 1. The van der Waals surface area contributed by atoms with Crippen LogP contribution >= 0.6 is 0 Å². The quantitative estimate of drug-likeness (QED) is 0.833. The summed E-state index contributed by atoms with van der Waals surface area (Å²) in [4.78, 5) is 2.54. The van der Waals surface area contributed by atoms with Crippen molar-refractivity contribution in [3.05, 3.63) is 35.7 Å². The van der Waals surface area contributed by atoms with E-state index < -0.39 is 0 Å². The fourth-order valence-corrected chi connectivity index (χ4v) is 3.99. The minimum absolute atomic E-state index is 0.578. The fourth-order valence-electron chi connectivity index (χ4n) is 3.99. The van der Waals surface area contributed by atoms with Gasteiger partial charge in [-0.15, -0.1) is 0 Å². The third-order valence-corrected chi connectivity index (χ3v) is 5.15. The molecule has 0 saturated carbocycles. The van der Waals surface area contributed by atoms with Gasteiger partial charge < -0.3 is 4.90 Å². The van der Waals surface area contributed by atoms with Crippen LogP contribution in [0.1, 0.15) is 44.4 Å². The van der Waals surface area contributed by atoms with Gasteiger partial charge in [0, 0.05) is 36.1 Å². The number of hydrogen-bond acceptors (Lipinski definition) is 2. The molecule has 3 heteroatoms. The van der Waals surface area contributed by atoms with Crippen molar-refractivity contribution in [2.75, 3.05) is 11.4 Å². The molecule has 116 valence electrons. The third kappa shape index (κ3) is 2.23. The van der Waals surface area contributed by atoms with E-state index in [9.17, 15) is 0 Å². The molecule has 0 unspecified atom stereocenters. The summed E-state index contributed by atoms with van der Waals surface area (Å²) >= 11 is 0. The van der Waals surface area contributed by atoms with Crippen molar-refractivity contribution in [1.29, 1.82) is 0 Å². The molecule has 2 aliphatic heterocycles. The van der Waals surface area contributed by atoms with Crippen LogP contribution < -0.4 is 4.90 Å². The highest BCUT2D eigenvalue weighted by atomic mass is 15.3. The normalized spacial score (nSPS) is 17.5. The first-order valence-corrected chi connectivity index (χ1v) is 8.68. The van der Waals surface area contributed by atoms with Gasteiger partial charge >= 0.3 is 0 Å². The summed E-state index contributed by atoms with van der Waals surface area (Å²) in [5.41, 5.74) is 7.08. The summed E-state index contributed by atoms with van der Waals surface area (Å²) in [6.45, 7) is 6.85. The standard InChI is InChI=1S/C19H25N3/c1-14(2)21-10-5-6-16-12-15(8-9-18(16)21)17-13-20-22-11-4-3-7-19(17)22/h8-9,12-14H,3-7,10-11H2,1-2H3. The highest BCUT2D eigenvalue weighted by molar-refractivity contribution is 5.71. The van der Waals surface area contributed by atoms with Gasteiger partial charge in [0.1, 0.15) is 0 Å². The molecule has 2 aliphatic rings. The van der Waals surface area contributed by atoms with Gasteiger partial charge in [-0.2, -0.15) is 5.10 Å². The summed E-state index contributed by atoms with van der Waals surface area (Å²) in [6.07, 6.45) is 8.28. The van der Waals surface area contributed by atoms with Crippen molar-refractivity contribution in [2.45, 2.75) is 58.5 Å². The molecule has 0 atom stereocenters. The molecule has 0 aliphatic carbocycles. The van der Waals surface area contributed by atoms with Crippen LogP contribution in [-0.2, 0) is 19.4 Å². The lowest BCUT2D eigenvalue weighted by Gasteiger charge is -2.35. The van der Waals surface area contributed by atoms with E-state index in [4.69, 9.17) is 0 Å². The Morgan fingerprint density at radius 3 is 2.82 bits per heavy atom. The summed E-state index contributed by atoms with van der Waals surface area (Å²) in [5.74, 6) is 0. The lowest BCUT2D eigenvalue weighted by molar-refractivity contribution is 0.487. The van der Waals surface area contributed by atoms with Crippen LogP contribution in [-0.4, -0.2) is 22.4 Å². The number of hydrogen-bond donors (Lipinski definition) is 0. The van der Waals surface area contributed by atoms with Gasteiger partial charge in [0.25, 0.3) is 0 Å². The molecular weight excluding hydrogens is 270 g/mol. The number of rotatable bonds is 2. The van der Waals surface area contributed by atoms with E-state index in [-0.39, 0.29) is 0 Å². The Morgan fingerprint density at radius 1 is 1.05 bits per heavy atom. The molecule has 4 rings (SSSR count). The predicted molar refractivity (Wildman–Crippen MR) is 91.4 cm³/mol. The molecule has 22 heavy (non-hydrogen) atoms. The van der Waals surface area contributed by atoms with E-state index in [0.717, 1.165) is 6.54 Å². The van der Waals surface area contributed by atoms with E-state index in [1.165, 1.54) is 66.7 Å². The van der Waals surface area contributed by atoms with Crippen molar-refractivity contribution in [1.82, 2.24) is 9.78 Å². The van der Waals surface area contributed by atoms with Crippen LogP contribution in [0.3, 0.4) is 0 Å². The fraction of sp³-hybridized carbons (Fsp3) is 0.526. The Morgan fingerprint density at radius 2 is 1.95 bits per heavy atom. The maximum Gasteiger partial charge on any atom is 0.0571 e. The zero-order valence-corrected chi connectivity index (χ0v) is 13.7. The van der Waals surface area contributed by atoms with Gasteiger partial charge in [0.15, 0.2) is 0 Å². The first kappa shape index (κ1) is 13.9. The second kappa shape index (κ2) is 5.45. The monoisotopic (exact) mass is 295 g/mol. The molecule has 0 saturated heterocycles. The highest BCUT2D eigenvalue weighted by Gasteiger charge is 2.21. The Hall–Kier alpha value is -1.77. The van der Waals surface area contributed by atoms with E-state index in [0.29, 0.717) is 6.04 Å². The minimum Gasteiger partial charge on any atom is -0.369 e. The maximum absolute atomic E-state index is 4.59. The second-order valence-electron chi connectivity index (χ2n) is 6.92. The average molecular weight is 295 g/mol. The largest absolute Gasteiger partial charge is 0.369 e. The molecule has 2 aromatic rings. The van der Waals surface area contributed by atoms with E-state index in [1.54, 1.807) is 0 Å². The Balaban J connectivity index is 1.74. The molecular formula is C19H25N3. The van der Waals surface area contributed by atoms with Crippen LogP contribution in [0.4, 0.5) is 5.69 Å². The molecule has 1 aromatic heterocycles. The highest BCUT2D eigenvalue weighted by Crippen LogP contribution is 2.34. The summed E-state index contributed by atoms with van der Waals surface area (Å²) < 4.78 is 2.21. The zero-order valence-electron chi connectivity index (χ0n) is 13.7. The number of benzene rings is 1. The summed E-state index contributed by atoms with van der Waals surface area (Å²) in [5, 5.41) is 4.59. The molecule has 0 spiro atoms. The van der Waals surface area contributed by atoms with Crippen molar-refractivity contribution >= 4 is 5.69 Å². The molecule has 3 heterocycles. The van der Waals surface area contributed by atoms with Crippen LogP contribution in [0, 0.1) is 0 Å². The number of fused-ring (bicyclic) bond motifs is 2. The van der Waals surface area contributed by atoms with Gasteiger partial charge in [-0.05, 0) is 69.2 Å². The molecule has 0 N–H and O–H groups in total. The first-order valence-electron chi connectivity index (χ1n) is 8.68. The van der Waals surface area contributed by atoms with Gasteiger partial charge in [-0.25, -0.2) is 0 Å². The van der Waals surface area contributed by atoms with Crippen molar-refractivity contribution in [3.8, 4) is 11.1 Å². The number of nitrogens with zero attached hydrogens (tertiary/aromatic N) is 3. The van der Waals surface area contributed by atoms with Crippen LogP contribution in [0.5, 0.6) is 0 Å². The lowest BCUT2D eigenvalue weighted by Crippen LogP contribution is -2.35. The predicted octanol–water partition coefficient (Wildman–Crippen LogP) is 4.05. The Kier molecular flexibility index (Phi) is 3.44. The van der Waals surface area contributed by atoms with Crippen molar-refractivity contribution < 1.29 is 0 Å². The van der Waals surface area contributed by atoms with Crippen molar-refractivity contribution in [2.24, 2.45) is 0 Å². The van der Waals surface area contributed by atoms with Crippen LogP contribution in [0.15, 0.2) is 24.4 Å². The van der Waals surface area contributed by atoms with Gasteiger partial charge in [0.05, 0.1) is 6.20 Å². The van der Waals surface area contributed by atoms with E-state index in [2.05, 4.69) is 52.9 Å². The third-order valence-electron chi connectivity index (χ3n) is 5.15. The Labute approximate surface area is 132 Å². The molecule has 0 bridgehead atoms. The first-order chi connectivity index (χ1) is 10.7. The minimum atomic E-state index is 0.578. The van der Waals surface area contributed by atoms with Gasteiger partial charge in [-0.3, -0.25) is 4.68 Å². The SMILES string of the molecule is CC(C)N1CCCc2cc(-c3cnn4c3CCCC4)ccc21. The van der Waals surface area contributed by atoms with Gasteiger partial charge in [0.2, 0.25) is 0 Å². The number of aromatic nitrogens is 2. The molecule has 0 fully saturated rings. The van der Waals surface area contributed by atoms with Crippen LogP contribution in [0.2, 0.25) is 0 Å². The number of aryl methyl sites for hydroxylation is 2. The molecule has 0 radical (unpaired) electrons. The summed E-state index contributed by atoms with van der Waals surface area (Å²) in [7, 11) is 0. The van der Waals surface area contributed by atoms with Crippen LogP contribution in [0.25, 0.3) is 11.1 Å².